The summed E-state index contributed by atoms with van der Waals surface area (Å²) in [6.07, 6.45) is 0.821. The van der Waals surface area contributed by atoms with Crippen LogP contribution < -0.4 is 4.74 Å². The lowest BCUT2D eigenvalue weighted by molar-refractivity contribution is 0.0693. The fraction of sp³-hybridized carbons (Fsp3) is 0.235. The molecule has 2 rings (SSSR count). The number of benzene rings is 2. The molecule has 0 bridgehead atoms. The number of hydrogen-bond donors (Lipinski definition) is 2. The lowest BCUT2D eigenvalue weighted by Gasteiger charge is -2.19. The van der Waals surface area contributed by atoms with E-state index in [9.17, 15) is 18.3 Å². The van der Waals surface area contributed by atoms with Gasteiger partial charge in [0.15, 0.2) is 0 Å². The number of phenols is 1. The van der Waals surface area contributed by atoms with Crippen LogP contribution in [0.5, 0.6) is 11.5 Å². The van der Waals surface area contributed by atoms with Crippen LogP contribution in [0, 0.1) is 0 Å². The second kappa shape index (κ2) is 7.35. The third-order valence-electron chi connectivity index (χ3n) is 3.41. The molecule has 0 aromatic heterocycles. The van der Waals surface area contributed by atoms with Crippen LogP contribution >= 0.6 is 0 Å². The Kier molecular flexibility index (Phi) is 5.46. The van der Waals surface area contributed by atoms with E-state index in [1.807, 2.05) is 6.92 Å². The molecule has 0 amide bonds. The van der Waals surface area contributed by atoms with Gasteiger partial charge < -0.3 is 14.9 Å². The van der Waals surface area contributed by atoms with Crippen LogP contribution in [0.3, 0.4) is 0 Å². The first-order valence-corrected chi connectivity index (χ1v) is 8.92. The summed E-state index contributed by atoms with van der Waals surface area (Å²) in [5, 5.41) is 18.6. The van der Waals surface area contributed by atoms with E-state index in [0.717, 1.165) is 12.1 Å². The first-order valence-electron chi connectivity index (χ1n) is 7.38. The van der Waals surface area contributed by atoms with Gasteiger partial charge in [0.05, 0.1) is 4.90 Å². The summed E-state index contributed by atoms with van der Waals surface area (Å²) < 4.78 is 31.0. The smallest absolute Gasteiger partial charge is 0.339 e. The molecule has 0 aliphatic rings. The Bertz CT molecular complexity index is 814. The Morgan fingerprint density at radius 3 is 2.42 bits per heavy atom. The van der Waals surface area contributed by atoms with Crippen molar-refractivity contribution in [3.05, 3.63) is 54.1 Å². The van der Waals surface area contributed by atoms with E-state index < -0.39 is 27.0 Å². The van der Waals surface area contributed by atoms with Gasteiger partial charge in [-0.1, -0.05) is 31.5 Å². The second-order valence-corrected chi connectivity index (χ2v) is 7.27. The lowest BCUT2D eigenvalue weighted by Crippen LogP contribution is -2.27. The van der Waals surface area contributed by atoms with Crippen molar-refractivity contribution in [3.8, 4) is 11.5 Å². The minimum absolute atomic E-state index is 0.0724. The molecule has 6 nitrogen and oxygen atoms in total. The van der Waals surface area contributed by atoms with Crippen molar-refractivity contribution in [1.82, 2.24) is 0 Å². The topological polar surface area (TPSA) is 101 Å². The first kappa shape index (κ1) is 17.8. The standard InChI is InChI=1S/C17H18O6S/c1-2-6-16(24(21,22)13-7-4-3-5-8-13)23-12-9-10-15(18)14(11-12)17(19)20/h3-5,7-11,16,18H,2,6H2,1H3,(H,19,20). The molecule has 0 saturated heterocycles. The number of carboxylic acids is 1. The summed E-state index contributed by atoms with van der Waals surface area (Å²) in [6.45, 7) is 1.83. The Morgan fingerprint density at radius 2 is 1.83 bits per heavy atom. The van der Waals surface area contributed by atoms with Crippen molar-refractivity contribution < 1.29 is 28.2 Å². The van der Waals surface area contributed by atoms with Crippen LogP contribution in [-0.2, 0) is 9.84 Å². The molecule has 2 N–H and O–H groups in total. The van der Waals surface area contributed by atoms with Crippen molar-refractivity contribution >= 4 is 15.8 Å². The predicted molar refractivity (Wildman–Crippen MR) is 88.0 cm³/mol. The average molecular weight is 350 g/mol. The van der Waals surface area contributed by atoms with Gasteiger partial charge in [0.25, 0.3) is 0 Å². The Morgan fingerprint density at radius 1 is 1.17 bits per heavy atom. The van der Waals surface area contributed by atoms with Crippen molar-refractivity contribution in [2.24, 2.45) is 0 Å². The highest BCUT2D eigenvalue weighted by Crippen LogP contribution is 2.27. The number of carboxylic acid groups (broad SMARTS) is 1. The maximum Gasteiger partial charge on any atom is 0.339 e. The maximum atomic E-state index is 12.7. The van der Waals surface area contributed by atoms with Crippen LogP contribution in [0.15, 0.2) is 53.4 Å². The molecule has 0 saturated carbocycles. The molecular formula is C17H18O6S. The van der Waals surface area contributed by atoms with Crippen molar-refractivity contribution in [2.45, 2.75) is 30.1 Å². The number of sulfone groups is 1. The zero-order valence-corrected chi connectivity index (χ0v) is 13.9. The molecule has 0 aliphatic heterocycles. The van der Waals surface area contributed by atoms with Crippen LogP contribution in [0.25, 0.3) is 0 Å². The van der Waals surface area contributed by atoms with Gasteiger partial charge in [-0.2, -0.15) is 0 Å². The molecule has 0 radical (unpaired) electrons. The minimum Gasteiger partial charge on any atom is -0.507 e. The SMILES string of the molecule is CCCC(Oc1ccc(O)c(C(=O)O)c1)S(=O)(=O)c1ccccc1. The van der Waals surface area contributed by atoms with Crippen LogP contribution in [-0.4, -0.2) is 30.0 Å². The van der Waals surface area contributed by atoms with Crippen LogP contribution in [0.1, 0.15) is 30.1 Å². The van der Waals surface area contributed by atoms with E-state index in [1.54, 1.807) is 18.2 Å². The summed E-state index contributed by atoms with van der Waals surface area (Å²) in [5.41, 5.74) is -1.49. The van der Waals surface area contributed by atoms with Crippen LogP contribution in [0.4, 0.5) is 0 Å². The molecule has 128 valence electrons. The van der Waals surface area contributed by atoms with E-state index in [4.69, 9.17) is 9.84 Å². The summed E-state index contributed by atoms with van der Waals surface area (Å²) >= 11 is 0. The molecule has 1 unspecified atom stereocenters. The molecule has 0 fully saturated rings. The molecule has 0 spiro atoms. The molecule has 2 aromatic rings. The summed E-state index contributed by atoms with van der Waals surface area (Å²) in [7, 11) is -3.74. The average Bonchev–Trinajstić information content (AvgIpc) is 2.56. The third kappa shape index (κ3) is 3.86. The summed E-state index contributed by atoms with van der Waals surface area (Å²) in [4.78, 5) is 11.2. The number of aromatic hydroxyl groups is 1. The fourth-order valence-electron chi connectivity index (χ4n) is 2.19. The van der Waals surface area contributed by atoms with Gasteiger partial charge in [0, 0.05) is 0 Å². The predicted octanol–water partition coefficient (Wildman–Crippen LogP) is 3.07. The van der Waals surface area contributed by atoms with Crippen molar-refractivity contribution in [1.29, 1.82) is 0 Å². The van der Waals surface area contributed by atoms with Gasteiger partial charge in [-0.15, -0.1) is 0 Å². The minimum atomic E-state index is -3.74. The molecule has 0 heterocycles. The summed E-state index contributed by atoms with van der Waals surface area (Å²) in [6, 6.07) is 11.6. The Hall–Kier alpha value is -2.54. The van der Waals surface area contributed by atoms with Gasteiger partial charge in [-0.05, 0) is 36.8 Å². The maximum absolute atomic E-state index is 12.7. The lowest BCUT2D eigenvalue weighted by atomic mass is 10.2. The Balaban J connectivity index is 2.36. The van der Waals surface area contributed by atoms with E-state index >= 15 is 0 Å². The zero-order chi connectivity index (χ0) is 17.7. The Labute approximate surface area is 140 Å². The third-order valence-corrected chi connectivity index (χ3v) is 5.36. The number of rotatable bonds is 7. The number of aromatic carboxylic acids is 1. The normalized spacial score (nSPS) is 12.5. The van der Waals surface area contributed by atoms with Crippen molar-refractivity contribution in [3.63, 3.8) is 0 Å². The van der Waals surface area contributed by atoms with E-state index in [1.165, 1.54) is 18.2 Å². The van der Waals surface area contributed by atoms with E-state index in [2.05, 4.69) is 0 Å². The fourth-order valence-corrected chi connectivity index (χ4v) is 3.81. The van der Waals surface area contributed by atoms with E-state index in [-0.39, 0.29) is 22.6 Å². The largest absolute Gasteiger partial charge is 0.507 e. The molecule has 7 heteroatoms. The van der Waals surface area contributed by atoms with E-state index in [0.29, 0.717) is 6.42 Å². The van der Waals surface area contributed by atoms with Gasteiger partial charge in [-0.3, -0.25) is 0 Å². The quantitative estimate of drug-likeness (QED) is 0.796. The van der Waals surface area contributed by atoms with Gasteiger partial charge in [0.2, 0.25) is 15.3 Å². The molecule has 0 aliphatic carbocycles. The zero-order valence-electron chi connectivity index (χ0n) is 13.0. The first-order chi connectivity index (χ1) is 11.4. The van der Waals surface area contributed by atoms with Crippen molar-refractivity contribution in [2.75, 3.05) is 0 Å². The molecule has 1 atom stereocenters. The van der Waals surface area contributed by atoms with Crippen LogP contribution in [0.2, 0.25) is 0 Å². The number of hydrogen-bond acceptors (Lipinski definition) is 5. The molecular weight excluding hydrogens is 332 g/mol. The monoisotopic (exact) mass is 350 g/mol. The van der Waals surface area contributed by atoms with Gasteiger partial charge in [-0.25, -0.2) is 13.2 Å². The molecule has 24 heavy (non-hydrogen) atoms. The second-order valence-electron chi connectivity index (χ2n) is 5.18. The number of carbonyl (C=O) groups is 1. The highest BCUT2D eigenvalue weighted by atomic mass is 32.2. The number of ether oxygens (including phenoxy) is 1. The molecule has 2 aromatic carbocycles. The summed E-state index contributed by atoms with van der Waals surface area (Å²) in [5.74, 6) is -1.66. The van der Waals surface area contributed by atoms with Gasteiger partial charge in [0.1, 0.15) is 17.1 Å². The highest BCUT2D eigenvalue weighted by molar-refractivity contribution is 7.92. The van der Waals surface area contributed by atoms with Gasteiger partial charge >= 0.3 is 5.97 Å². The highest BCUT2D eigenvalue weighted by Gasteiger charge is 2.29.